The maximum absolute atomic E-state index is 11.0. The van der Waals surface area contributed by atoms with Gasteiger partial charge in [0.25, 0.3) is 0 Å². The van der Waals surface area contributed by atoms with Gasteiger partial charge < -0.3 is 14.7 Å². The van der Waals surface area contributed by atoms with Crippen LogP contribution in [-0.2, 0) is 4.79 Å². The number of ether oxygens (including phenoxy) is 1. The normalized spacial score (nSPS) is 18.1. The fourth-order valence-corrected chi connectivity index (χ4v) is 2.32. The van der Waals surface area contributed by atoms with Gasteiger partial charge in [0.05, 0.1) is 7.11 Å². The van der Waals surface area contributed by atoms with Crippen molar-refractivity contribution >= 4 is 11.7 Å². The molecule has 1 heterocycles. The van der Waals surface area contributed by atoms with Gasteiger partial charge in [-0.25, -0.2) is 0 Å². The van der Waals surface area contributed by atoms with Gasteiger partial charge in [0.15, 0.2) is 0 Å². The Bertz CT molecular complexity index is 425. The van der Waals surface area contributed by atoms with Crippen molar-refractivity contribution in [3.8, 4) is 5.75 Å². The highest BCUT2D eigenvalue weighted by Crippen LogP contribution is 2.20. The Balaban J connectivity index is 1.93. The molecule has 0 aliphatic carbocycles. The average molecular weight is 264 g/mol. The van der Waals surface area contributed by atoms with Crippen molar-refractivity contribution in [3.63, 3.8) is 0 Å². The minimum atomic E-state index is -0.752. The van der Waals surface area contributed by atoms with Crippen molar-refractivity contribution in [2.75, 3.05) is 38.2 Å². The summed E-state index contributed by atoms with van der Waals surface area (Å²) in [5.41, 5.74) is 1.16. The second kappa shape index (κ2) is 5.93. The van der Waals surface area contributed by atoms with Gasteiger partial charge in [0, 0.05) is 31.9 Å². The maximum atomic E-state index is 11.0. The first-order valence-electron chi connectivity index (χ1n) is 6.47. The number of aliphatic carboxylic acids is 1. The van der Waals surface area contributed by atoms with Crippen LogP contribution in [0.3, 0.4) is 0 Å². The number of methoxy groups -OCH3 is 1. The van der Waals surface area contributed by atoms with Gasteiger partial charge in [-0.3, -0.25) is 9.69 Å². The first kappa shape index (κ1) is 13.7. The van der Waals surface area contributed by atoms with Gasteiger partial charge in [-0.1, -0.05) is 0 Å². The van der Waals surface area contributed by atoms with Crippen LogP contribution in [0.15, 0.2) is 24.3 Å². The number of carboxylic acid groups (broad SMARTS) is 1. The molecule has 1 N–H and O–H groups in total. The quantitative estimate of drug-likeness (QED) is 0.888. The fourth-order valence-electron chi connectivity index (χ4n) is 2.32. The molecule has 0 aromatic heterocycles. The number of benzene rings is 1. The van der Waals surface area contributed by atoms with Crippen LogP contribution in [0.5, 0.6) is 5.75 Å². The summed E-state index contributed by atoms with van der Waals surface area (Å²) in [5, 5.41) is 9.01. The van der Waals surface area contributed by atoms with E-state index in [1.54, 1.807) is 14.0 Å². The molecular weight excluding hydrogens is 244 g/mol. The summed E-state index contributed by atoms with van der Waals surface area (Å²) in [5.74, 6) is 0.0970. The first-order valence-corrected chi connectivity index (χ1v) is 6.47. The van der Waals surface area contributed by atoms with Crippen LogP contribution in [0.25, 0.3) is 0 Å². The molecule has 5 heteroatoms. The topological polar surface area (TPSA) is 53.0 Å². The Kier molecular flexibility index (Phi) is 4.27. The Labute approximate surface area is 113 Å². The third kappa shape index (κ3) is 3.17. The lowest BCUT2D eigenvalue weighted by Gasteiger charge is -2.37. The average Bonchev–Trinajstić information content (AvgIpc) is 2.46. The summed E-state index contributed by atoms with van der Waals surface area (Å²) in [6, 6.07) is 7.56. The zero-order valence-electron chi connectivity index (χ0n) is 11.4. The maximum Gasteiger partial charge on any atom is 0.320 e. The molecule has 0 radical (unpaired) electrons. The Hall–Kier alpha value is -1.75. The van der Waals surface area contributed by atoms with E-state index in [0.717, 1.165) is 37.6 Å². The van der Waals surface area contributed by atoms with Crippen LogP contribution >= 0.6 is 0 Å². The molecule has 0 amide bonds. The van der Waals surface area contributed by atoms with Crippen LogP contribution in [0.1, 0.15) is 6.92 Å². The molecule has 2 rings (SSSR count). The van der Waals surface area contributed by atoms with E-state index in [0.29, 0.717) is 0 Å². The summed E-state index contributed by atoms with van der Waals surface area (Å²) in [6.45, 7) is 5.00. The number of nitrogens with zero attached hydrogens (tertiary/aromatic N) is 2. The van der Waals surface area contributed by atoms with Gasteiger partial charge in [0.2, 0.25) is 0 Å². The van der Waals surface area contributed by atoms with Crippen molar-refractivity contribution in [2.45, 2.75) is 13.0 Å². The summed E-state index contributed by atoms with van der Waals surface area (Å²) >= 11 is 0. The molecule has 0 bridgehead atoms. The van der Waals surface area contributed by atoms with E-state index >= 15 is 0 Å². The summed E-state index contributed by atoms with van der Waals surface area (Å²) in [4.78, 5) is 15.2. The van der Waals surface area contributed by atoms with Crippen molar-refractivity contribution in [1.82, 2.24) is 4.90 Å². The molecule has 104 valence electrons. The summed E-state index contributed by atoms with van der Waals surface area (Å²) < 4.78 is 5.14. The molecule has 0 spiro atoms. The number of hydrogen-bond donors (Lipinski definition) is 1. The molecule has 1 fully saturated rings. The predicted octanol–water partition coefficient (Wildman–Crippen LogP) is 1.29. The monoisotopic (exact) mass is 264 g/mol. The van der Waals surface area contributed by atoms with Gasteiger partial charge >= 0.3 is 5.97 Å². The zero-order valence-corrected chi connectivity index (χ0v) is 11.4. The van der Waals surface area contributed by atoms with Gasteiger partial charge in [0.1, 0.15) is 11.8 Å². The molecule has 1 saturated heterocycles. The van der Waals surface area contributed by atoms with E-state index in [9.17, 15) is 4.79 Å². The Morgan fingerprint density at radius 2 is 1.79 bits per heavy atom. The largest absolute Gasteiger partial charge is 0.497 e. The standard InChI is InChI=1S/C14H20N2O3/c1-11(14(17)18)15-7-9-16(10-8-15)12-3-5-13(19-2)6-4-12/h3-6,11H,7-10H2,1-2H3,(H,17,18)/t11-/m0/s1. The lowest BCUT2D eigenvalue weighted by molar-refractivity contribution is -0.142. The minimum absolute atomic E-state index is 0.405. The highest BCUT2D eigenvalue weighted by atomic mass is 16.5. The molecule has 0 unspecified atom stereocenters. The van der Waals surface area contributed by atoms with E-state index < -0.39 is 12.0 Å². The minimum Gasteiger partial charge on any atom is -0.497 e. The van der Waals surface area contributed by atoms with Crippen molar-refractivity contribution in [1.29, 1.82) is 0 Å². The van der Waals surface area contributed by atoms with Crippen LogP contribution in [0.4, 0.5) is 5.69 Å². The number of rotatable bonds is 4. The highest BCUT2D eigenvalue weighted by molar-refractivity contribution is 5.72. The van der Waals surface area contributed by atoms with Crippen LogP contribution < -0.4 is 9.64 Å². The van der Waals surface area contributed by atoms with E-state index in [-0.39, 0.29) is 0 Å². The summed E-state index contributed by atoms with van der Waals surface area (Å²) in [6.07, 6.45) is 0. The van der Waals surface area contributed by atoms with E-state index in [1.807, 2.05) is 29.2 Å². The molecule has 5 nitrogen and oxygen atoms in total. The molecule has 1 aromatic rings. The fraction of sp³-hybridized carbons (Fsp3) is 0.500. The second-order valence-corrected chi connectivity index (χ2v) is 4.74. The van der Waals surface area contributed by atoms with Crippen molar-refractivity contribution in [2.24, 2.45) is 0 Å². The Morgan fingerprint density at radius 3 is 2.26 bits per heavy atom. The second-order valence-electron chi connectivity index (χ2n) is 4.74. The Morgan fingerprint density at radius 1 is 1.21 bits per heavy atom. The first-order chi connectivity index (χ1) is 9.11. The van der Waals surface area contributed by atoms with Gasteiger partial charge in [-0.2, -0.15) is 0 Å². The third-order valence-electron chi connectivity index (χ3n) is 3.66. The van der Waals surface area contributed by atoms with Gasteiger partial charge in [-0.15, -0.1) is 0 Å². The summed E-state index contributed by atoms with van der Waals surface area (Å²) in [7, 11) is 1.65. The van der Waals surface area contributed by atoms with E-state index in [2.05, 4.69) is 4.90 Å². The number of carboxylic acids is 1. The van der Waals surface area contributed by atoms with E-state index in [4.69, 9.17) is 9.84 Å². The van der Waals surface area contributed by atoms with Crippen molar-refractivity contribution in [3.05, 3.63) is 24.3 Å². The molecule has 19 heavy (non-hydrogen) atoms. The molecule has 1 aliphatic heterocycles. The van der Waals surface area contributed by atoms with Crippen molar-refractivity contribution < 1.29 is 14.6 Å². The predicted molar refractivity (Wildman–Crippen MR) is 73.9 cm³/mol. The SMILES string of the molecule is COc1ccc(N2CCN([C@@H](C)C(=O)O)CC2)cc1. The molecule has 1 aromatic carbocycles. The van der Waals surface area contributed by atoms with Crippen LogP contribution in [0, 0.1) is 0 Å². The highest BCUT2D eigenvalue weighted by Gasteiger charge is 2.25. The smallest absolute Gasteiger partial charge is 0.320 e. The van der Waals surface area contributed by atoms with Crippen LogP contribution in [-0.4, -0.2) is 55.3 Å². The molecule has 0 saturated carbocycles. The molecular formula is C14H20N2O3. The molecule has 1 atom stereocenters. The van der Waals surface area contributed by atoms with Crippen LogP contribution in [0.2, 0.25) is 0 Å². The lowest BCUT2D eigenvalue weighted by atomic mass is 10.2. The number of hydrogen-bond acceptors (Lipinski definition) is 4. The number of piperazine rings is 1. The lowest BCUT2D eigenvalue weighted by Crippen LogP contribution is -2.51. The van der Waals surface area contributed by atoms with Gasteiger partial charge in [-0.05, 0) is 31.2 Å². The molecule has 1 aliphatic rings. The number of anilines is 1. The zero-order chi connectivity index (χ0) is 13.8. The third-order valence-corrected chi connectivity index (χ3v) is 3.66. The van der Waals surface area contributed by atoms with E-state index in [1.165, 1.54) is 0 Å². The number of carbonyl (C=O) groups is 1.